The molecule has 1 aromatic carbocycles. The largest absolute Gasteiger partial charge is 0.326 e. The topological polar surface area (TPSA) is 46.9 Å². The normalized spacial score (nSPS) is 13.4. The molecule has 1 N–H and O–H groups in total. The Kier molecular flexibility index (Phi) is 4.74. The van der Waals surface area contributed by atoms with Crippen molar-refractivity contribution in [3.8, 4) is 0 Å². The Balaban J connectivity index is 1.70. The second-order valence-electron chi connectivity index (χ2n) is 7.29. The van der Waals surface area contributed by atoms with E-state index in [9.17, 15) is 4.79 Å². The molecule has 0 unspecified atom stereocenters. The van der Waals surface area contributed by atoms with Crippen molar-refractivity contribution in [1.82, 2.24) is 9.78 Å². The molecule has 0 saturated heterocycles. The molecule has 0 aliphatic heterocycles. The average Bonchev–Trinajstić information content (AvgIpc) is 3.07. The molecule has 2 aromatic rings. The average molecular weight is 325 g/mol. The highest BCUT2D eigenvalue weighted by Crippen LogP contribution is 2.25. The summed E-state index contributed by atoms with van der Waals surface area (Å²) in [6.45, 7) is 9.29. The molecule has 1 aromatic heterocycles. The summed E-state index contributed by atoms with van der Waals surface area (Å²) in [5.74, 6) is 0.569. The second-order valence-corrected chi connectivity index (χ2v) is 7.29. The molecule has 0 spiro atoms. The molecule has 0 bridgehead atoms. The van der Waals surface area contributed by atoms with Crippen molar-refractivity contribution >= 4 is 11.6 Å². The van der Waals surface area contributed by atoms with Crippen molar-refractivity contribution in [3.63, 3.8) is 0 Å². The maximum absolute atomic E-state index is 12.5. The van der Waals surface area contributed by atoms with Crippen LogP contribution in [0.25, 0.3) is 0 Å². The van der Waals surface area contributed by atoms with Gasteiger partial charge in [0, 0.05) is 23.5 Å². The van der Waals surface area contributed by atoms with Crippen LogP contribution < -0.4 is 5.32 Å². The van der Waals surface area contributed by atoms with E-state index in [1.165, 1.54) is 17.5 Å². The highest BCUT2D eigenvalue weighted by Gasteiger charge is 2.16. The fourth-order valence-corrected chi connectivity index (χ4v) is 3.53. The van der Waals surface area contributed by atoms with Crippen LogP contribution in [0.2, 0.25) is 0 Å². The zero-order valence-electron chi connectivity index (χ0n) is 15.1. The predicted molar refractivity (Wildman–Crippen MR) is 97.3 cm³/mol. The van der Waals surface area contributed by atoms with Gasteiger partial charge in [-0.15, -0.1) is 0 Å². The van der Waals surface area contributed by atoms with Gasteiger partial charge < -0.3 is 5.32 Å². The van der Waals surface area contributed by atoms with Crippen molar-refractivity contribution in [3.05, 3.63) is 46.3 Å². The van der Waals surface area contributed by atoms with Crippen LogP contribution in [0.1, 0.15) is 48.3 Å². The van der Waals surface area contributed by atoms with Gasteiger partial charge in [0.25, 0.3) is 0 Å². The number of benzene rings is 1. The van der Waals surface area contributed by atoms with E-state index in [0.717, 1.165) is 42.0 Å². The number of aryl methyl sites for hydroxylation is 3. The zero-order chi connectivity index (χ0) is 17.3. The van der Waals surface area contributed by atoms with E-state index in [4.69, 9.17) is 0 Å². The summed E-state index contributed by atoms with van der Waals surface area (Å²) in [6.07, 6.45) is 3.89. The van der Waals surface area contributed by atoms with Crippen molar-refractivity contribution in [2.24, 2.45) is 5.92 Å². The number of nitrogens with one attached hydrogen (secondary N) is 1. The van der Waals surface area contributed by atoms with Gasteiger partial charge in [-0.2, -0.15) is 5.10 Å². The van der Waals surface area contributed by atoms with Crippen molar-refractivity contribution in [2.75, 3.05) is 5.32 Å². The van der Waals surface area contributed by atoms with Gasteiger partial charge >= 0.3 is 0 Å². The fraction of sp³-hybridized carbons (Fsp3) is 0.500. The number of anilines is 1. The number of aromatic nitrogens is 2. The monoisotopic (exact) mass is 325 g/mol. The van der Waals surface area contributed by atoms with Gasteiger partial charge in [-0.1, -0.05) is 19.9 Å². The van der Waals surface area contributed by atoms with Gasteiger partial charge in [0.1, 0.15) is 0 Å². The summed E-state index contributed by atoms with van der Waals surface area (Å²) in [5.41, 5.74) is 6.82. The van der Waals surface area contributed by atoms with Crippen LogP contribution in [0.4, 0.5) is 5.69 Å². The summed E-state index contributed by atoms with van der Waals surface area (Å²) < 4.78 is 2.03. The number of rotatable bonds is 5. The first-order valence-corrected chi connectivity index (χ1v) is 8.88. The molecule has 4 heteroatoms. The van der Waals surface area contributed by atoms with E-state index < -0.39 is 0 Å². The minimum atomic E-state index is 0.0308. The molecule has 3 rings (SSSR count). The lowest BCUT2D eigenvalue weighted by atomic mass is 10.1. The molecule has 24 heavy (non-hydrogen) atoms. The molecule has 4 nitrogen and oxygen atoms in total. The lowest BCUT2D eigenvalue weighted by Crippen LogP contribution is -2.16. The van der Waals surface area contributed by atoms with Gasteiger partial charge in [-0.25, -0.2) is 0 Å². The maximum atomic E-state index is 12.5. The molecule has 0 atom stereocenters. The Hall–Kier alpha value is -2.10. The van der Waals surface area contributed by atoms with E-state index in [1.54, 1.807) is 0 Å². The van der Waals surface area contributed by atoms with E-state index >= 15 is 0 Å². The van der Waals surface area contributed by atoms with E-state index in [0.29, 0.717) is 12.3 Å². The highest BCUT2D eigenvalue weighted by atomic mass is 16.1. The molecule has 1 amide bonds. The number of carbonyl (C=O) groups is 1. The van der Waals surface area contributed by atoms with Gasteiger partial charge in [0.05, 0.1) is 12.1 Å². The summed E-state index contributed by atoms with van der Waals surface area (Å²) >= 11 is 0. The number of hydrogen-bond donors (Lipinski definition) is 1. The Morgan fingerprint density at radius 2 is 2.00 bits per heavy atom. The standard InChI is InChI=1S/C20H27N3O/c1-13(2)12-23-15(4)19(14(3)22-23)11-20(24)21-18-9-8-16-6-5-7-17(16)10-18/h8-10,13H,5-7,11-12H2,1-4H3,(H,21,24). The van der Waals surface area contributed by atoms with Gasteiger partial charge in [0.2, 0.25) is 5.91 Å². The predicted octanol–water partition coefficient (Wildman–Crippen LogP) is 3.83. The van der Waals surface area contributed by atoms with Gasteiger partial charge in [0.15, 0.2) is 0 Å². The Bertz CT molecular complexity index is 758. The summed E-state index contributed by atoms with van der Waals surface area (Å²) in [4.78, 5) is 12.5. The fourth-order valence-electron chi connectivity index (χ4n) is 3.53. The van der Waals surface area contributed by atoms with Gasteiger partial charge in [-0.3, -0.25) is 9.48 Å². The third kappa shape index (κ3) is 3.53. The Morgan fingerprint density at radius 1 is 1.25 bits per heavy atom. The Labute approximate surface area is 144 Å². The summed E-state index contributed by atoms with van der Waals surface area (Å²) in [6, 6.07) is 6.29. The van der Waals surface area contributed by atoms with Crippen LogP contribution in [0.3, 0.4) is 0 Å². The van der Waals surface area contributed by atoms with Crippen molar-refractivity contribution < 1.29 is 4.79 Å². The molecule has 1 heterocycles. The maximum Gasteiger partial charge on any atom is 0.228 e. The molecule has 1 aliphatic rings. The van der Waals surface area contributed by atoms with Gasteiger partial charge in [-0.05, 0) is 62.3 Å². The second kappa shape index (κ2) is 6.80. The van der Waals surface area contributed by atoms with Crippen molar-refractivity contribution in [1.29, 1.82) is 0 Å². The van der Waals surface area contributed by atoms with E-state index in [2.05, 4.69) is 43.3 Å². The third-order valence-corrected chi connectivity index (χ3v) is 4.79. The number of carbonyl (C=O) groups excluding carboxylic acids is 1. The molecule has 0 radical (unpaired) electrons. The lowest BCUT2D eigenvalue weighted by molar-refractivity contribution is -0.115. The van der Waals surface area contributed by atoms with E-state index in [1.807, 2.05) is 17.7 Å². The molecule has 128 valence electrons. The first kappa shape index (κ1) is 16.7. The molecule has 0 fully saturated rings. The SMILES string of the molecule is Cc1nn(CC(C)C)c(C)c1CC(=O)Nc1ccc2c(c1)CCC2. The Morgan fingerprint density at radius 3 is 2.75 bits per heavy atom. The minimum Gasteiger partial charge on any atom is -0.326 e. The minimum absolute atomic E-state index is 0.0308. The van der Waals surface area contributed by atoms with E-state index in [-0.39, 0.29) is 5.91 Å². The third-order valence-electron chi connectivity index (χ3n) is 4.79. The zero-order valence-corrected chi connectivity index (χ0v) is 15.1. The number of fused-ring (bicyclic) bond motifs is 1. The van der Waals surface area contributed by atoms with Crippen LogP contribution in [0, 0.1) is 19.8 Å². The van der Waals surface area contributed by atoms with Crippen LogP contribution in [-0.4, -0.2) is 15.7 Å². The van der Waals surface area contributed by atoms with Crippen LogP contribution >= 0.6 is 0 Å². The first-order valence-electron chi connectivity index (χ1n) is 8.88. The van der Waals surface area contributed by atoms with Crippen LogP contribution in [0.15, 0.2) is 18.2 Å². The molecule has 0 saturated carbocycles. The summed E-state index contributed by atoms with van der Waals surface area (Å²) in [7, 11) is 0. The molecule has 1 aliphatic carbocycles. The number of amides is 1. The summed E-state index contributed by atoms with van der Waals surface area (Å²) in [5, 5.41) is 7.64. The molecular weight excluding hydrogens is 298 g/mol. The van der Waals surface area contributed by atoms with Crippen LogP contribution in [-0.2, 0) is 30.6 Å². The number of hydrogen-bond acceptors (Lipinski definition) is 2. The number of nitrogens with zero attached hydrogens (tertiary/aromatic N) is 2. The first-order chi connectivity index (χ1) is 11.4. The van der Waals surface area contributed by atoms with Crippen LogP contribution in [0.5, 0.6) is 0 Å². The quantitative estimate of drug-likeness (QED) is 0.908. The lowest BCUT2D eigenvalue weighted by Gasteiger charge is -2.09. The molecular formula is C20H27N3O. The smallest absolute Gasteiger partial charge is 0.228 e. The highest BCUT2D eigenvalue weighted by molar-refractivity contribution is 5.92. The van der Waals surface area contributed by atoms with Crippen molar-refractivity contribution in [2.45, 2.75) is 59.9 Å².